The first kappa shape index (κ1) is 26.3. The number of fused-ring (bicyclic) bond motifs is 2. The first-order valence-electron chi connectivity index (χ1n) is 14.8. The number of likely N-dealkylation sites (tertiary alicyclic amines) is 2. The summed E-state index contributed by atoms with van der Waals surface area (Å²) in [6.07, 6.45) is 7.32. The molecule has 4 fully saturated rings. The lowest BCUT2D eigenvalue weighted by Gasteiger charge is -2.50. The van der Waals surface area contributed by atoms with Gasteiger partial charge in [0, 0.05) is 43.8 Å². The third-order valence-electron chi connectivity index (χ3n) is 10.8. The maximum Gasteiger partial charge on any atom is 0.494 e. The number of amides is 2. The van der Waals surface area contributed by atoms with Crippen molar-refractivity contribution in [2.45, 2.75) is 121 Å². The van der Waals surface area contributed by atoms with Crippen LogP contribution in [-0.2, 0) is 24.3 Å². The molecule has 206 valence electrons. The van der Waals surface area contributed by atoms with Crippen LogP contribution in [0.5, 0.6) is 0 Å². The van der Waals surface area contributed by atoms with Gasteiger partial charge in [-0.15, -0.1) is 0 Å². The molecule has 4 aliphatic heterocycles. The van der Waals surface area contributed by atoms with Gasteiger partial charge in [-0.05, 0) is 96.8 Å². The fourth-order valence-electron chi connectivity index (χ4n) is 7.49. The van der Waals surface area contributed by atoms with E-state index in [0.29, 0.717) is 38.0 Å². The average molecular weight is 522 g/mol. The molecule has 0 N–H and O–H groups in total. The Labute approximate surface area is 228 Å². The lowest BCUT2D eigenvalue weighted by Crippen LogP contribution is -2.59. The van der Waals surface area contributed by atoms with Crippen LogP contribution >= 0.6 is 0 Å². The molecule has 1 saturated carbocycles. The van der Waals surface area contributed by atoms with Crippen molar-refractivity contribution in [1.82, 2.24) is 9.80 Å². The van der Waals surface area contributed by atoms with E-state index in [9.17, 15) is 9.59 Å². The number of hydrogen-bond donors (Lipinski definition) is 0. The molecule has 5 aliphatic rings. The molecule has 0 aromatic heterocycles. The first-order chi connectivity index (χ1) is 17.9. The van der Waals surface area contributed by atoms with Crippen LogP contribution in [0.3, 0.4) is 0 Å². The number of carbonyl (C=O) groups is 2. The summed E-state index contributed by atoms with van der Waals surface area (Å²) >= 11 is 0. The van der Waals surface area contributed by atoms with Crippen molar-refractivity contribution in [1.29, 1.82) is 0 Å². The van der Waals surface area contributed by atoms with Gasteiger partial charge in [0.2, 0.25) is 11.8 Å². The largest absolute Gasteiger partial charge is 0.494 e. The van der Waals surface area contributed by atoms with Crippen LogP contribution in [0.15, 0.2) is 18.2 Å². The molecule has 1 aliphatic carbocycles. The summed E-state index contributed by atoms with van der Waals surface area (Å²) in [6.45, 7) is 14.7. The fourth-order valence-corrected chi connectivity index (χ4v) is 7.49. The molecule has 4 heterocycles. The van der Waals surface area contributed by atoms with Crippen LogP contribution in [0.2, 0.25) is 0 Å². The van der Waals surface area contributed by atoms with Gasteiger partial charge in [-0.3, -0.25) is 14.5 Å². The Morgan fingerprint density at radius 3 is 2.24 bits per heavy atom. The number of carbonyl (C=O) groups excluding carboxylic acids is 2. The zero-order chi connectivity index (χ0) is 27.0. The van der Waals surface area contributed by atoms with Crippen molar-refractivity contribution < 1.29 is 18.9 Å². The van der Waals surface area contributed by atoms with Crippen LogP contribution in [0, 0.1) is 0 Å². The molecule has 1 aromatic carbocycles. The predicted octanol–water partition coefficient (Wildman–Crippen LogP) is 3.62. The molecule has 1 spiro atoms. The van der Waals surface area contributed by atoms with E-state index in [1.165, 1.54) is 25.8 Å². The van der Waals surface area contributed by atoms with E-state index >= 15 is 0 Å². The molecule has 7 nitrogen and oxygen atoms in total. The van der Waals surface area contributed by atoms with Gasteiger partial charge >= 0.3 is 7.12 Å². The van der Waals surface area contributed by atoms with Gasteiger partial charge in [-0.25, -0.2) is 0 Å². The second kappa shape index (κ2) is 9.07. The summed E-state index contributed by atoms with van der Waals surface area (Å²) in [4.78, 5) is 33.2. The third-order valence-corrected chi connectivity index (χ3v) is 10.8. The Morgan fingerprint density at radius 1 is 0.974 bits per heavy atom. The summed E-state index contributed by atoms with van der Waals surface area (Å²) in [7, 11) is -0.457. The number of benzene rings is 1. The highest BCUT2D eigenvalue weighted by Gasteiger charge is 2.57. The van der Waals surface area contributed by atoms with Crippen LogP contribution in [-0.4, -0.2) is 77.7 Å². The Kier molecular flexibility index (Phi) is 6.28. The van der Waals surface area contributed by atoms with Crippen molar-refractivity contribution >= 4 is 30.1 Å². The highest BCUT2D eigenvalue weighted by Crippen LogP contribution is 2.51. The molecular formula is C30H44BN3O4. The molecule has 1 aromatic rings. The van der Waals surface area contributed by atoms with E-state index in [4.69, 9.17) is 9.31 Å². The van der Waals surface area contributed by atoms with E-state index in [2.05, 4.69) is 62.6 Å². The summed E-state index contributed by atoms with van der Waals surface area (Å²) in [6, 6.07) is 7.83. The zero-order valence-corrected chi connectivity index (χ0v) is 24.1. The minimum atomic E-state index is -0.542. The Bertz CT molecular complexity index is 1110. The molecule has 1 atom stereocenters. The van der Waals surface area contributed by atoms with Crippen molar-refractivity contribution in [2.75, 3.05) is 24.5 Å². The van der Waals surface area contributed by atoms with Gasteiger partial charge in [0.25, 0.3) is 0 Å². The topological polar surface area (TPSA) is 62.3 Å². The van der Waals surface area contributed by atoms with Crippen LogP contribution in [0.4, 0.5) is 5.69 Å². The van der Waals surface area contributed by atoms with Gasteiger partial charge < -0.3 is 19.1 Å². The van der Waals surface area contributed by atoms with Crippen molar-refractivity contribution in [3.05, 3.63) is 23.8 Å². The first-order valence-corrected chi connectivity index (χ1v) is 14.8. The minimum Gasteiger partial charge on any atom is -0.399 e. The molecule has 3 saturated heterocycles. The predicted molar refractivity (Wildman–Crippen MR) is 150 cm³/mol. The molecular weight excluding hydrogens is 477 g/mol. The Morgan fingerprint density at radius 2 is 1.63 bits per heavy atom. The number of piperidine rings is 2. The van der Waals surface area contributed by atoms with Gasteiger partial charge in [-0.1, -0.05) is 18.6 Å². The van der Waals surface area contributed by atoms with Gasteiger partial charge in [0.1, 0.15) is 0 Å². The fraction of sp³-hybridized carbons (Fsp3) is 0.733. The summed E-state index contributed by atoms with van der Waals surface area (Å²) in [5, 5.41) is 0. The molecule has 0 bridgehead atoms. The smallest absolute Gasteiger partial charge is 0.399 e. The summed E-state index contributed by atoms with van der Waals surface area (Å²) < 4.78 is 12.8. The Hall–Kier alpha value is -1.90. The molecule has 2 amide bonds. The SMILES string of the molecule is CC(=O)N1CCC2(CC1)C(=O)N(C1CC(N3CCCC[C@@H]3C)C1)c1cc(B3OC(C)(C)C(C)(C)O3)ccc12. The highest BCUT2D eigenvalue weighted by molar-refractivity contribution is 6.62. The molecule has 0 unspecified atom stereocenters. The third kappa shape index (κ3) is 3.96. The molecule has 6 rings (SSSR count). The summed E-state index contributed by atoms with van der Waals surface area (Å²) in [5.74, 6) is 0.327. The van der Waals surface area contributed by atoms with E-state index in [-0.39, 0.29) is 17.9 Å². The standard InChI is InChI=1S/C30H44BN3O4/c1-20-9-7-8-14-33(20)23-18-24(19-23)34-26-17-22(31-37-28(3,4)29(5,6)38-31)10-11-25(26)30(27(34)36)12-15-32(16-13-30)21(2)35/h10-11,17,20,23-24H,7-9,12-16,18-19H2,1-6H3/t20-,23?,24?/m0/s1. The van der Waals surface area contributed by atoms with Crippen LogP contribution in [0.25, 0.3) is 0 Å². The highest BCUT2D eigenvalue weighted by atomic mass is 16.7. The maximum atomic E-state index is 14.4. The molecule has 8 heteroatoms. The lowest BCUT2D eigenvalue weighted by molar-refractivity contribution is -0.134. The molecule has 0 radical (unpaired) electrons. The van der Waals surface area contributed by atoms with Gasteiger partial charge in [-0.2, -0.15) is 0 Å². The van der Waals surface area contributed by atoms with E-state index < -0.39 is 23.7 Å². The van der Waals surface area contributed by atoms with Crippen molar-refractivity contribution in [3.63, 3.8) is 0 Å². The monoisotopic (exact) mass is 521 g/mol. The Balaban J connectivity index is 1.31. The summed E-state index contributed by atoms with van der Waals surface area (Å²) in [5.41, 5.74) is 1.76. The number of nitrogens with zero attached hydrogens (tertiary/aromatic N) is 3. The van der Waals surface area contributed by atoms with E-state index in [0.717, 1.165) is 29.6 Å². The minimum absolute atomic E-state index is 0.0935. The number of anilines is 1. The normalized spacial score (nSPS) is 32.0. The second-order valence-electron chi connectivity index (χ2n) is 13.5. The average Bonchev–Trinajstić information content (AvgIpc) is 3.20. The number of rotatable bonds is 3. The van der Waals surface area contributed by atoms with Crippen LogP contribution in [0.1, 0.15) is 92.1 Å². The second-order valence-corrected chi connectivity index (χ2v) is 13.5. The van der Waals surface area contributed by atoms with Gasteiger partial charge in [0.05, 0.1) is 16.6 Å². The van der Waals surface area contributed by atoms with E-state index in [1.54, 1.807) is 6.92 Å². The lowest BCUT2D eigenvalue weighted by atomic mass is 9.71. The quantitative estimate of drug-likeness (QED) is 0.569. The van der Waals surface area contributed by atoms with Crippen LogP contribution < -0.4 is 10.4 Å². The van der Waals surface area contributed by atoms with E-state index in [1.807, 2.05) is 4.90 Å². The number of hydrogen-bond acceptors (Lipinski definition) is 5. The van der Waals surface area contributed by atoms with Crippen molar-refractivity contribution in [2.24, 2.45) is 0 Å². The van der Waals surface area contributed by atoms with Gasteiger partial charge in [0.15, 0.2) is 0 Å². The zero-order valence-electron chi connectivity index (χ0n) is 24.1. The maximum absolute atomic E-state index is 14.4. The molecule has 38 heavy (non-hydrogen) atoms. The van der Waals surface area contributed by atoms with Crippen molar-refractivity contribution in [3.8, 4) is 0 Å².